The van der Waals surface area contributed by atoms with E-state index in [1.165, 1.54) is 21.2 Å². The van der Waals surface area contributed by atoms with Crippen LogP contribution in [0.4, 0.5) is 0 Å². The molecule has 2 N–H and O–H groups in total. The lowest BCUT2D eigenvalue weighted by Gasteiger charge is -2.46. The Morgan fingerprint density at radius 1 is 1.03 bits per heavy atom. The van der Waals surface area contributed by atoms with Crippen LogP contribution in [0, 0.1) is 6.92 Å². The van der Waals surface area contributed by atoms with Crippen molar-refractivity contribution >= 4 is 27.3 Å². The number of carbonyl (C=O) groups is 1. The first-order chi connectivity index (χ1) is 14.1. The summed E-state index contributed by atoms with van der Waals surface area (Å²) in [6.45, 7) is 11.0. The molecule has 1 aliphatic heterocycles. The van der Waals surface area contributed by atoms with Crippen LogP contribution in [0.5, 0.6) is 0 Å². The van der Waals surface area contributed by atoms with E-state index in [0.29, 0.717) is 0 Å². The minimum Gasteiger partial charge on any atom is -0.348 e. The summed E-state index contributed by atoms with van der Waals surface area (Å²) in [4.78, 5) is 14.3. The molecule has 0 saturated carbocycles. The lowest BCUT2D eigenvalue weighted by molar-refractivity contribution is 0.0876. The maximum atomic E-state index is 13.4. The van der Waals surface area contributed by atoms with E-state index < -0.39 is 0 Å². The van der Waals surface area contributed by atoms with Gasteiger partial charge in [0, 0.05) is 21.8 Å². The molecule has 0 aliphatic carbocycles. The Kier molecular flexibility index (Phi) is 5.50. The van der Waals surface area contributed by atoms with Gasteiger partial charge in [-0.3, -0.25) is 4.79 Å². The van der Waals surface area contributed by atoms with Gasteiger partial charge >= 0.3 is 0 Å². The van der Waals surface area contributed by atoms with Gasteiger partial charge in [0.25, 0.3) is 5.91 Å². The smallest absolute Gasteiger partial charge is 0.261 e. The number of carbonyl (C=O) groups excluding carboxylic acids is 1. The van der Waals surface area contributed by atoms with Crippen LogP contribution in [0.1, 0.15) is 66.9 Å². The van der Waals surface area contributed by atoms with Crippen molar-refractivity contribution in [1.82, 2.24) is 10.6 Å². The van der Waals surface area contributed by atoms with Gasteiger partial charge in [-0.2, -0.15) is 0 Å². The van der Waals surface area contributed by atoms with Crippen LogP contribution in [-0.4, -0.2) is 23.0 Å². The van der Waals surface area contributed by atoms with E-state index in [2.05, 4.69) is 87.7 Å². The minimum absolute atomic E-state index is 0.00455. The maximum absolute atomic E-state index is 13.4. The van der Waals surface area contributed by atoms with Gasteiger partial charge in [0.05, 0.1) is 4.88 Å². The third kappa shape index (κ3) is 4.60. The van der Waals surface area contributed by atoms with Crippen molar-refractivity contribution in [3.05, 3.63) is 70.1 Å². The number of amides is 1. The average molecular weight is 421 g/mol. The van der Waals surface area contributed by atoms with E-state index in [9.17, 15) is 4.79 Å². The highest BCUT2D eigenvalue weighted by Gasteiger charge is 2.38. The molecule has 1 fully saturated rings. The summed E-state index contributed by atoms with van der Waals surface area (Å²) in [5.41, 5.74) is 3.64. The van der Waals surface area contributed by atoms with Gasteiger partial charge in [-0.1, -0.05) is 48.0 Å². The van der Waals surface area contributed by atoms with Crippen molar-refractivity contribution in [1.29, 1.82) is 0 Å². The van der Waals surface area contributed by atoms with E-state index in [1.807, 2.05) is 6.07 Å². The number of benzene rings is 2. The predicted molar refractivity (Wildman–Crippen MR) is 128 cm³/mol. The molecule has 3 aromatic rings. The second-order valence-electron chi connectivity index (χ2n) is 10.0. The zero-order valence-corrected chi connectivity index (χ0v) is 19.5. The van der Waals surface area contributed by atoms with E-state index in [-0.39, 0.29) is 23.0 Å². The summed E-state index contributed by atoms with van der Waals surface area (Å²) in [6.07, 6.45) is 2.64. The first-order valence-electron chi connectivity index (χ1n) is 10.8. The number of piperidine rings is 1. The highest BCUT2D eigenvalue weighted by atomic mass is 32.1. The Hall–Kier alpha value is -2.17. The van der Waals surface area contributed by atoms with Gasteiger partial charge in [-0.15, -0.1) is 11.3 Å². The Morgan fingerprint density at radius 2 is 1.67 bits per heavy atom. The number of rotatable bonds is 4. The van der Waals surface area contributed by atoms with Gasteiger partial charge in [0.1, 0.15) is 0 Å². The molecule has 158 valence electrons. The monoisotopic (exact) mass is 420 g/mol. The van der Waals surface area contributed by atoms with Crippen LogP contribution in [0.15, 0.2) is 48.5 Å². The third-order valence-corrected chi connectivity index (χ3v) is 7.14. The zero-order chi connectivity index (χ0) is 21.5. The van der Waals surface area contributed by atoms with Crippen molar-refractivity contribution in [2.45, 2.75) is 71.0 Å². The Bertz CT molecular complexity index is 1050. The van der Waals surface area contributed by atoms with Crippen LogP contribution in [0.3, 0.4) is 0 Å². The first-order valence-corrected chi connectivity index (χ1v) is 11.6. The molecule has 1 aromatic heterocycles. The molecule has 3 nitrogen and oxygen atoms in total. The summed E-state index contributed by atoms with van der Waals surface area (Å²) in [5.74, 6) is 0.0665. The van der Waals surface area contributed by atoms with Gasteiger partial charge in [0.15, 0.2) is 0 Å². The second kappa shape index (κ2) is 7.82. The fourth-order valence-electron chi connectivity index (χ4n) is 5.04. The van der Waals surface area contributed by atoms with Gasteiger partial charge in [0.2, 0.25) is 0 Å². The van der Waals surface area contributed by atoms with E-state index in [1.54, 1.807) is 11.3 Å². The molecule has 0 atom stereocenters. The summed E-state index contributed by atoms with van der Waals surface area (Å²) in [7, 11) is 0. The first kappa shape index (κ1) is 21.1. The molecule has 0 radical (unpaired) electrons. The van der Waals surface area contributed by atoms with Crippen molar-refractivity contribution in [2.24, 2.45) is 0 Å². The van der Waals surface area contributed by atoms with Crippen molar-refractivity contribution in [3.63, 3.8) is 0 Å². The topological polar surface area (TPSA) is 41.1 Å². The molecular weight excluding hydrogens is 388 g/mol. The second-order valence-corrected chi connectivity index (χ2v) is 11.1. The lowest BCUT2D eigenvalue weighted by Crippen LogP contribution is -2.62. The van der Waals surface area contributed by atoms with Crippen LogP contribution >= 0.6 is 11.3 Å². The largest absolute Gasteiger partial charge is 0.348 e. The Balaban J connectivity index is 1.64. The van der Waals surface area contributed by atoms with Gasteiger partial charge in [-0.05, 0) is 76.5 Å². The molecule has 4 heteroatoms. The zero-order valence-electron chi connectivity index (χ0n) is 18.6. The fraction of sp³-hybridized carbons (Fsp3) is 0.423. The molecule has 0 unspecified atom stereocenters. The summed E-state index contributed by atoms with van der Waals surface area (Å²) < 4.78 is 1.18. The molecule has 1 saturated heterocycles. The number of hydrogen-bond donors (Lipinski definition) is 2. The van der Waals surface area contributed by atoms with Gasteiger partial charge in [-0.25, -0.2) is 0 Å². The molecular formula is C26H32N2OS. The van der Waals surface area contributed by atoms with Gasteiger partial charge < -0.3 is 10.6 Å². The molecule has 2 heterocycles. The number of aryl methyl sites for hydroxylation is 1. The lowest BCUT2D eigenvalue weighted by atomic mass is 9.79. The van der Waals surface area contributed by atoms with E-state index in [4.69, 9.17) is 0 Å². The molecule has 1 aliphatic rings. The summed E-state index contributed by atoms with van der Waals surface area (Å²) in [5, 5.41) is 8.26. The van der Waals surface area contributed by atoms with Crippen LogP contribution in [0.2, 0.25) is 0 Å². The number of nitrogens with one attached hydrogen (secondary N) is 2. The maximum Gasteiger partial charge on any atom is 0.261 e. The number of fused-ring (bicyclic) bond motifs is 1. The van der Waals surface area contributed by atoms with Crippen molar-refractivity contribution < 1.29 is 4.79 Å². The standard InChI is InChI=1S/C26H32N2OS/c1-17-10-12-18(13-11-17)14-21-20-8-6-7-9-22(20)30-23(21)24(29)27-19-15-25(2,3)28-26(4,5)16-19/h6-13,19,28H,14-16H2,1-5H3,(H,27,29). The Morgan fingerprint density at radius 3 is 2.33 bits per heavy atom. The molecule has 0 spiro atoms. The van der Waals surface area contributed by atoms with Crippen molar-refractivity contribution in [2.75, 3.05) is 0 Å². The normalized spacial score (nSPS) is 18.4. The van der Waals surface area contributed by atoms with Crippen LogP contribution in [-0.2, 0) is 6.42 Å². The minimum atomic E-state index is 0.00455. The SMILES string of the molecule is Cc1ccc(Cc2c(C(=O)NC3CC(C)(C)NC(C)(C)C3)sc3ccccc23)cc1. The Labute approximate surface area is 183 Å². The predicted octanol–water partition coefficient (Wildman–Crippen LogP) is 5.84. The highest BCUT2D eigenvalue weighted by molar-refractivity contribution is 7.21. The van der Waals surface area contributed by atoms with Crippen molar-refractivity contribution in [3.8, 4) is 0 Å². The third-order valence-electron chi connectivity index (χ3n) is 5.93. The quantitative estimate of drug-likeness (QED) is 0.557. The van der Waals surface area contributed by atoms with Crippen LogP contribution in [0.25, 0.3) is 10.1 Å². The highest BCUT2D eigenvalue weighted by Crippen LogP contribution is 2.34. The molecule has 1 amide bonds. The number of hydrogen-bond acceptors (Lipinski definition) is 3. The fourth-order valence-corrected chi connectivity index (χ4v) is 6.17. The number of thiophene rings is 1. The van der Waals surface area contributed by atoms with E-state index >= 15 is 0 Å². The molecule has 30 heavy (non-hydrogen) atoms. The van der Waals surface area contributed by atoms with E-state index in [0.717, 1.165) is 29.7 Å². The molecule has 0 bridgehead atoms. The average Bonchev–Trinajstić information content (AvgIpc) is 3.00. The van der Waals surface area contributed by atoms with Crippen LogP contribution < -0.4 is 10.6 Å². The molecule has 2 aromatic carbocycles. The summed E-state index contributed by atoms with van der Waals surface area (Å²) >= 11 is 1.62. The molecule has 4 rings (SSSR count). The summed E-state index contributed by atoms with van der Waals surface area (Å²) in [6, 6.07) is 17.2.